The highest BCUT2D eigenvalue weighted by Gasteiger charge is 1.85. The van der Waals surface area contributed by atoms with Gasteiger partial charge in [-0.3, -0.25) is 0 Å². The van der Waals surface area contributed by atoms with E-state index < -0.39 is 0 Å². The number of unbranched alkanes of at least 4 members (excludes halogenated alkanes) is 3. The third-order valence-electron chi connectivity index (χ3n) is 2.12. The van der Waals surface area contributed by atoms with Crippen LogP contribution in [0.25, 0.3) is 0 Å². The van der Waals surface area contributed by atoms with Crippen molar-refractivity contribution < 1.29 is 0 Å². The molecule has 0 unspecified atom stereocenters. The molecule has 0 saturated carbocycles. The second-order valence-electron chi connectivity index (χ2n) is 4.45. The molecule has 0 aliphatic rings. The summed E-state index contributed by atoms with van der Waals surface area (Å²) in [5.74, 6) is 0. The van der Waals surface area contributed by atoms with E-state index in [0.717, 1.165) is 12.8 Å². The molecule has 0 spiro atoms. The van der Waals surface area contributed by atoms with Gasteiger partial charge in [0.2, 0.25) is 0 Å². The minimum Gasteiger partial charge on any atom is -0.316 e. The van der Waals surface area contributed by atoms with Crippen LogP contribution in [-0.4, -0.2) is 6.17 Å². The molecular formula is C16H42N2. The molecule has 2 heteroatoms. The van der Waals surface area contributed by atoms with Crippen molar-refractivity contribution in [1.29, 1.82) is 0 Å². The Hall–Kier alpha value is -0.0800. The quantitative estimate of drug-likeness (QED) is 0.647. The van der Waals surface area contributed by atoms with Crippen molar-refractivity contribution in [3.8, 4) is 0 Å². The van der Waals surface area contributed by atoms with Crippen molar-refractivity contribution in [3.63, 3.8) is 0 Å². The molecule has 0 aromatic rings. The lowest BCUT2D eigenvalue weighted by Gasteiger charge is -1.97. The summed E-state index contributed by atoms with van der Waals surface area (Å²) >= 11 is 0. The van der Waals surface area contributed by atoms with Crippen molar-refractivity contribution >= 4 is 0 Å². The second-order valence-corrected chi connectivity index (χ2v) is 4.45. The first-order valence-corrected chi connectivity index (χ1v) is 8.02. The molecule has 0 aliphatic carbocycles. The third-order valence-corrected chi connectivity index (χ3v) is 2.12. The lowest BCUT2D eigenvalue weighted by atomic mass is 10.3. The third kappa shape index (κ3) is 101. The van der Waals surface area contributed by atoms with Gasteiger partial charge in [0.1, 0.15) is 0 Å². The molecule has 0 rings (SSSR count). The van der Waals surface area contributed by atoms with E-state index in [1.165, 1.54) is 38.5 Å². The summed E-state index contributed by atoms with van der Waals surface area (Å²) in [6.07, 6.45) is 9.83. The molecule has 4 N–H and O–H groups in total. The zero-order chi connectivity index (χ0) is 15.2. The molecule has 0 atom stereocenters. The van der Waals surface area contributed by atoms with Gasteiger partial charge in [-0.2, -0.15) is 0 Å². The molecule has 0 radical (unpaired) electrons. The maximum atomic E-state index is 5.18. The Labute approximate surface area is 118 Å². The van der Waals surface area contributed by atoms with Crippen LogP contribution < -0.4 is 11.5 Å². The maximum Gasteiger partial charge on any atom is 0.0520 e. The molecule has 0 aromatic carbocycles. The van der Waals surface area contributed by atoms with E-state index >= 15 is 0 Å². The summed E-state index contributed by atoms with van der Waals surface area (Å²) in [6, 6.07) is 0. The Bertz CT molecular complexity index is 67.7. The van der Waals surface area contributed by atoms with Crippen LogP contribution in [0.1, 0.15) is 99.8 Å². The van der Waals surface area contributed by atoms with Gasteiger partial charge in [0.05, 0.1) is 6.17 Å². The minimum atomic E-state index is -0.102. The van der Waals surface area contributed by atoms with E-state index in [0.29, 0.717) is 0 Å². The average molecular weight is 263 g/mol. The Balaban J connectivity index is -0.0000000742. The molecule has 116 valence electrons. The fourth-order valence-corrected chi connectivity index (χ4v) is 0.333. The van der Waals surface area contributed by atoms with E-state index in [1.807, 2.05) is 0 Å². The monoisotopic (exact) mass is 262 g/mol. The molecule has 0 fully saturated rings. The van der Waals surface area contributed by atoms with Crippen LogP contribution in [0.15, 0.2) is 0 Å². The van der Waals surface area contributed by atoms with E-state index in [2.05, 4.69) is 48.5 Å². The second kappa shape index (κ2) is 36.0. The van der Waals surface area contributed by atoms with Crippen LogP contribution in [0.5, 0.6) is 0 Å². The minimum absolute atomic E-state index is 0.102. The molecular weight excluding hydrogens is 220 g/mol. The highest BCUT2D eigenvalue weighted by Crippen LogP contribution is 1.83. The predicted molar refractivity (Wildman–Crippen MR) is 88.8 cm³/mol. The van der Waals surface area contributed by atoms with Gasteiger partial charge in [-0.1, -0.05) is 93.4 Å². The zero-order valence-electron chi connectivity index (χ0n) is 14.4. The summed E-state index contributed by atoms with van der Waals surface area (Å²) in [5.41, 5.74) is 10.4. The van der Waals surface area contributed by atoms with Crippen LogP contribution in [0.3, 0.4) is 0 Å². The van der Waals surface area contributed by atoms with Crippen molar-refractivity contribution in [3.05, 3.63) is 0 Å². The Kier molecular flexibility index (Phi) is 52.9. The lowest BCUT2D eigenvalue weighted by molar-refractivity contribution is 0.627. The van der Waals surface area contributed by atoms with Crippen LogP contribution in [-0.2, 0) is 0 Å². The highest BCUT2D eigenvalue weighted by atomic mass is 14.8. The molecule has 2 nitrogen and oxygen atoms in total. The van der Waals surface area contributed by atoms with E-state index in [1.54, 1.807) is 0 Å². The first kappa shape index (κ1) is 26.5. The first-order chi connectivity index (χ1) is 8.51. The predicted octanol–water partition coefficient (Wildman–Crippen LogP) is 5.45. The molecule has 0 bridgehead atoms. The smallest absolute Gasteiger partial charge is 0.0520 e. The van der Waals surface area contributed by atoms with Crippen LogP contribution in [0, 0.1) is 0 Å². The first-order valence-electron chi connectivity index (χ1n) is 8.02. The fraction of sp³-hybridized carbons (Fsp3) is 1.00. The van der Waals surface area contributed by atoms with Crippen molar-refractivity contribution in [2.45, 2.75) is 106 Å². The van der Waals surface area contributed by atoms with Gasteiger partial charge < -0.3 is 11.5 Å². The van der Waals surface area contributed by atoms with E-state index in [-0.39, 0.29) is 6.17 Å². The van der Waals surface area contributed by atoms with Crippen LogP contribution >= 0.6 is 0 Å². The van der Waals surface area contributed by atoms with Crippen molar-refractivity contribution in [2.24, 2.45) is 11.5 Å². The summed E-state index contributed by atoms with van der Waals surface area (Å²) in [4.78, 5) is 0. The number of nitrogens with two attached hydrogens (primary N) is 2. The number of hydrogen-bond acceptors (Lipinski definition) is 2. The van der Waals surface area contributed by atoms with Gasteiger partial charge in [-0.15, -0.1) is 0 Å². The summed E-state index contributed by atoms with van der Waals surface area (Å²) in [7, 11) is 0. The van der Waals surface area contributed by atoms with E-state index in [9.17, 15) is 0 Å². The summed E-state index contributed by atoms with van der Waals surface area (Å²) in [5, 5.41) is 0. The number of rotatable bonds is 5. The molecule has 0 aromatic heterocycles. The SMILES string of the molecule is CCCC.CCCC.CCCC.CCCC(N)N. The Morgan fingerprint density at radius 3 is 0.722 bits per heavy atom. The highest BCUT2D eigenvalue weighted by molar-refractivity contribution is 4.45. The maximum absolute atomic E-state index is 5.18. The Morgan fingerprint density at radius 2 is 0.722 bits per heavy atom. The van der Waals surface area contributed by atoms with Gasteiger partial charge in [-0.25, -0.2) is 0 Å². The molecule has 18 heavy (non-hydrogen) atoms. The standard InChI is InChI=1S/C4H12N2.3C4H10/c1-2-3-4(5)6;3*1-3-4-2/h4H,2-3,5-6H2,1H3;3*3-4H2,1-2H3. The Morgan fingerprint density at radius 1 is 0.500 bits per heavy atom. The topological polar surface area (TPSA) is 52.0 Å². The van der Waals surface area contributed by atoms with Crippen LogP contribution in [0.2, 0.25) is 0 Å². The molecule has 0 amide bonds. The molecule has 0 heterocycles. The fourth-order valence-electron chi connectivity index (χ4n) is 0.333. The van der Waals surface area contributed by atoms with Crippen molar-refractivity contribution in [2.75, 3.05) is 0 Å². The molecule has 0 aliphatic heterocycles. The van der Waals surface area contributed by atoms with Gasteiger partial charge in [0.15, 0.2) is 0 Å². The lowest BCUT2D eigenvalue weighted by Crippen LogP contribution is -2.29. The van der Waals surface area contributed by atoms with Gasteiger partial charge in [0.25, 0.3) is 0 Å². The van der Waals surface area contributed by atoms with Crippen LogP contribution in [0.4, 0.5) is 0 Å². The number of hydrogen-bond donors (Lipinski definition) is 2. The van der Waals surface area contributed by atoms with Gasteiger partial charge in [0, 0.05) is 0 Å². The summed E-state index contributed by atoms with van der Waals surface area (Å²) in [6.45, 7) is 15.1. The average Bonchev–Trinajstić information content (AvgIpc) is 2.39. The van der Waals surface area contributed by atoms with E-state index in [4.69, 9.17) is 11.5 Å². The van der Waals surface area contributed by atoms with Gasteiger partial charge in [-0.05, 0) is 6.42 Å². The normalized spacial score (nSPS) is 8.33. The van der Waals surface area contributed by atoms with Gasteiger partial charge >= 0.3 is 0 Å². The van der Waals surface area contributed by atoms with Crippen molar-refractivity contribution in [1.82, 2.24) is 0 Å². The zero-order valence-corrected chi connectivity index (χ0v) is 14.4. The summed E-state index contributed by atoms with van der Waals surface area (Å²) < 4.78 is 0. The largest absolute Gasteiger partial charge is 0.316 e. The molecule has 0 saturated heterocycles.